The maximum absolute atomic E-state index is 12.9. The topological polar surface area (TPSA) is 59.1 Å². The van der Waals surface area contributed by atoms with E-state index in [4.69, 9.17) is 9.47 Å². The summed E-state index contributed by atoms with van der Waals surface area (Å²) in [4.78, 5) is 29.3. The van der Waals surface area contributed by atoms with Crippen molar-refractivity contribution in [3.63, 3.8) is 0 Å². The van der Waals surface area contributed by atoms with Crippen molar-refractivity contribution in [1.82, 2.24) is 9.80 Å². The Morgan fingerprint density at radius 2 is 1.89 bits per heavy atom. The van der Waals surface area contributed by atoms with E-state index in [0.717, 1.165) is 0 Å². The van der Waals surface area contributed by atoms with Crippen LogP contribution in [0.15, 0.2) is 42.2 Å². The number of carbonyl (C=O) groups is 2. The third-order valence-electron chi connectivity index (χ3n) is 4.89. The number of hydrogen-bond donors (Lipinski definition) is 0. The number of allylic oxidation sites excluding steroid dienone is 1. The van der Waals surface area contributed by atoms with Gasteiger partial charge < -0.3 is 19.3 Å². The zero-order valence-corrected chi connectivity index (χ0v) is 16.5. The highest BCUT2D eigenvalue weighted by molar-refractivity contribution is 6.04. The second kappa shape index (κ2) is 7.10. The fourth-order valence-corrected chi connectivity index (χ4v) is 2.99. The summed E-state index contributed by atoms with van der Waals surface area (Å²) in [6.45, 7) is 8.14. The number of carbonyl (C=O) groups excluding carboxylic acids is 2. The molecular formula is C21H26N2O4. The molecule has 0 bridgehead atoms. The fraction of sp³-hybridized carbons (Fsp3) is 0.429. The molecule has 0 radical (unpaired) electrons. The molecule has 0 aromatic heterocycles. The van der Waals surface area contributed by atoms with Crippen LogP contribution in [0.25, 0.3) is 0 Å². The van der Waals surface area contributed by atoms with Crippen molar-refractivity contribution >= 4 is 11.7 Å². The molecule has 0 aliphatic carbocycles. The second-order valence-electron chi connectivity index (χ2n) is 7.85. The highest BCUT2D eigenvalue weighted by Crippen LogP contribution is 2.33. The molecule has 1 atom stereocenters. The highest BCUT2D eigenvalue weighted by Gasteiger charge is 2.28. The van der Waals surface area contributed by atoms with Gasteiger partial charge in [0.1, 0.15) is 0 Å². The van der Waals surface area contributed by atoms with Gasteiger partial charge in [-0.25, -0.2) is 0 Å². The molecule has 0 saturated heterocycles. The number of ketones is 1. The minimum Gasteiger partial charge on any atom is -0.454 e. The Morgan fingerprint density at radius 3 is 2.59 bits per heavy atom. The SMILES string of the molecule is CC(C(=O)c1ccc2c(c1)OCO2)N(C)C(=O)C1=CN(C(C)(C)C)C=CC1. The molecule has 0 spiro atoms. The number of likely N-dealkylation sites (N-methyl/N-ethyl adjacent to an activating group) is 1. The number of amides is 1. The molecule has 1 amide bonds. The van der Waals surface area contributed by atoms with Gasteiger partial charge in [-0.1, -0.05) is 6.08 Å². The van der Waals surface area contributed by atoms with Gasteiger partial charge in [0.2, 0.25) is 6.79 Å². The van der Waals surface area contributed by atoms with E-state index in [9.17, 15) is 9.59 Å². The van der Waals surface area contributed by atoms with Gasteiger partial charge in [-0.3, -0.25) is 9.59 Å². The average Bonchev–Trinajstić information content (AvgIpc) is 3.12. The van der Waals surface area contributed by atoms with Crippen LogP contribution in [-0.2, 0) is 4.79 Å². The Balaban J connectivity index is 1.74. The third-order valence-corrected chi connectivity index (χ3v) is 4.89. The summed E-state index contributed by atoms with van der Waals surface area (Å²) in [5.41, 5.74) is 1.05. The summed E-state index contributed by atoms with van der Waals surface area (Å²) in [5, 5.41) is 0. The van der Waals surface area contributed by atoms with E-state index in [1.807, 2.05) is 23.4 Å². The molecule has 2 aliphatic rings. The highest BCUT2D eigenvalue weighted by atomic mass is 16.7. The molecule has 1 aromatic carbocycles. The number of ether oxygens (including phenoxy) is 2. The number of Topliss-reactive ketones (excluding diaryl/α,β-unsaturated/α-hetero) is 1. The summed E-state index contributed by atoms with van der Waals surface area (Å²) >= 11 is 0. The van der Waals surface area contributed by atoms with Gasteiger partial charge in [-0.15, -0.1) is 0 Å². The van der Waals surface area contributed by atoms with Crippen LogP contribution in [0.4, 0.5) is 0 Å². The molecule has 1 unspecified atom stereocenters. The van der Waals surface area contributed by atoms with Gasteiger partial charge in [0, 0.05) is 36.1 Å². The van der Waals surface area contributed by atoms with E-state index in [1.165, 1.54) is 4.90 Å². The summed E-state index contributed by atoms with van der Waals surface area (Å²) < 4.78 is 10.6. The first-order chi connectivity index (χ1) is 12.7. The van der Waals surface area contributed by atoms with Gasteiger partial charge in [-0.05, 0) is 52.3 Å². The van der Waals surface area contributed by atoms with Gasteiger partial charge >= 0.3 is 0 Å². The van der Waals surface area contributed by atoms with Crippen LogP contribution in [0.5, 0.6) is 11.5 Å². The quantitative estimate of drug-likeness (QED) is 0.761. The molecule has 2 aliphatic heterocycles. The van der Waals surface area contributed by atoms with Crippen LogP contribution in [0, 0.1) is 0 Å². The zero-order chi connectivity index (χ0) is 19.8. The molecular weight excluding hydrogens is 344 g/mol. The van der Waals surface area contributed by atoms with Gasteiger partial charge in [0.15, 0.2) is 17.3 Å². The first-order valence-electron chi connectivity index (χ1n) is 9.05. The molecule has 3 rings (SSSR count). The molecule has 6 heteroatoms. The van der Waals surface area contributed by atoms with Crippen LogP contribution in [0.3, 0.4) is 0 Å². The lowest BCUT2D eigenvalue weighted by molar-refractivity contribution is -0.127. The van der Waals surface area contributed by atoms with Crippen molar-refractivity contribution in [3.8, 4) is 11.5 Å². The average molecular weight is 370 g/mol. The Bertz CT molecular complexity index is 820. The lowest BCUT2D eigenvalue weighted by Crippen LogP contribution is -2.42. The largest absolute Gasteiger partial charge is 0.454 e. The fourth-order valence-electron chi connectivity index (χ4n) is 2.99. The monoisotopic (exact) mass is 370 g/mol. The maximum Gasteiger partial charge on any atom is 0.251 e. The van der Waals surface area contributed by atoms with Crippen LogP contribution in [0.1, 0.15) is 44.5 Å². The Morgan fingerprint density at radius 1 is 1.19 bits per heavy atom. The molecule has 0 fully saturated rings. The van der Waals surface area contributed by atoms with Gasteiger partial charge in [0.05, 0.1) is 6.04 Å². The van der Waals surface area contributed by atoms with E-state index >= 15 is 0 Å². The predicted octanol–water partition coefficient (Wildman–Crippen LogP) is 3.35. The summed E-state index contributed by atoms with van der Waals surface area (Å²) in [5.74, 6) is 0.909. The minimum atomic E-state index is -0.590. The summed E-state index contributed by atoms with van der Waals surface area (Å²) in [7, 11) is 1.67. The first-order valence-corrected chi connectivity index (χ1v) is 9.05. The van der Waals surface area contributed by atoms with Crippen molar-refractivity contribution in [2.75, 3.05) is 13.8 Å². The minimum absolute atomic E-state index is 0.116. The van der Waals surface area contributed by atoms with E-state index in [1.54, 1.807) is 32.2 Å². The van der Waals surface area contributed by atoms with Crippen LogP contribution < -0.4 is 9.47 Å². The number of fused-ring (bicyclic) bond motifs is 1. The number of rotatable bonds is 4. The predicted molar refractivity (Wildman–Crippen MR) is 103 cm³/mol. The van der Waals surface area contributed by atoms with Gasteiger partial charge in [0.25, 0.3) is 5.91 Å². The maximum atomic E-state index is 12.9. The van der Waals surface area contributed by atoms with Gasteiger partial charge in [-0.2, -0.15) is 0 Å². The van der Waals surface area contributed by atoms with E-state index in [0.29, 0.717) is 29.1 Å². The van der Waals surface area contributed by atoms with E-state index in [-0.39, 0.29) is 24.0 Å². The Kier molecular flexibility index (Phi) is 5.00. The normalized spacial score (nSPS) is 16.8. The Hall–Kier alpha value is -2.76. The van der Waals surface area contributed by atoms with Crippen molar-refractivity contribution < 1.29 is 19.1 Å². The summed E-state index contributed by atoms with van der Waals surface area (Å²) in [6.07, 6.45) is 6.38. The molecule has 144 valence electrons. The molecule has 6 nitrogen and oxygen atoms in total. The molecule has 0 N–H and O–H groups in total. The van der Waals surface area contributed by atoms with Crippen LogP contribution in [0.2, 0.25) is 0 Å². The number of hydrogen-bond acceptors (Lipinski definition) is 5. The van der Waals surface area contributed by atoms with E-state index in [2.05, 4.69) is 20.8 Å². The molecule has 2 heterocycles. The van der Waals surface area contributed by atoms with Crippen LogP contribution >= 0.6 is 0 Å². The smallest absolute Gasteiger partial charge is 0.251 e. The lowest BCUT2D eigenvalue weighted by Gasteiger charge is -2.35. The van der Waals surface area contributed by atoms with Crippen LogP contribution in [-0.4, -0.2) is 46.9 Å². The van der Waals surface area contributed by atoms with Crippen molar-refractivity contribution in [3.05, 3.63) is 47.8 Å². The van der Waals surface area contributed by atoms with E-state index < -0.39 is 6.04 Å². The molecule has 1 aromatic rings. The van der Waals surface area contributed by atoms with Crippen molar-refractivity contribution in [1.29, 1.82) is 0 Å². The number of benzene rings is 1. The standard InChI is InChI=1S/C21H26N2O4/c1-14(19(24)15-8-9-17-18(11-15)27-13-26-17)22(5)20(25)16-7-6-10-23(12-16)21(2,3)4/h6,8-12,14H,7,13H2,1-5H3. The molecule has 0 saturated carbocycles. The zero-order valence-electron chi connectivity index (χ0n) is 16.5. The first kappa shape index (κ1) is 19.0. The number of nitrogens with zero attached hydrogens (tertiary/aromatic N) is 2. The van der Waals surface area contributed by atoms with Crippen molar-refractivity contribution in [2.24, 2.45) is 0 Å². The summed E-state index contributed by atoms with van der Waals surface area (Å²) in [6, 6.07) is 4.51. The Labute approximate surface area is 160 Å². The van der Waals surface area contributed by atoms with Crippen molar-refractivity contribution in [2.45, 2.75) is 45.7 Å². The second-order valence-corrected chi connectivity index (χ2v) is 7.85. The third kappa shape index (κ3) is 3.84. The lowest BCUT2D eigenvalue weighted by atomic mass is 10.0. The molecule has 27 heavy (non-hydrogen) atoms.